The molecule has 5 unspecified atom stereocenters. The van der Waals surface area contributed by atoms with Crippen molar-refractivity contribution in [2.45, 2.75) is 45.0 Å². The zero-order valence-corrected chi connectivity index (χ0v) is 14.1. The molecule has 2 saturated heterocycles. The normalized spacial score (nSPS) is 28.5. The second-order valence-corrected chi connectivity index (χ2v) is 6.90. The van der Waals surface area contributed by atoms with E-state index in [1.807, 2.05) is 24.3 Å². The topological polar surface area (TPSA) is 89.9 Å². The molecule has 6 heteroatoms. The lowest BCUT2D eigenvalue weighted by molar-refractivity contribution is -0.154. The van der Waals surface area contributed by atoms with Crippen LogP contribution in [0.15, 0.2) is 24.3 Å². The number of fused-ring (bicyclic) bond motifs is 2. The van der Waals surface area contributed by atoms with Gasteiger partial charge in [-0.05, 0) is 30.4 Å². The van der Waals surface area contributed by atoms with E-state index in [9.17, 15) is 14.4 Å². The fourth-order valence-electron chi connectivity index (χ4n) is 3.66. The Morgan fingerprint density at radius 3 is 2.52 bits per heavy atom. The van der Waals surface area contributed by atoms with E-state index in [0.29, 0.717) is 6.42 Å². The highest BCUT2D eigenvalue weighted by molar-refractivity contribution is 5.79. The number of hydrogen-bond donors (Lipinski definition) is 1. The molecule has 0 saturated carbocycles. The number of aldehydes is 1. The van der Waals surface area contributed by atoms with Crippen molar-refractivity contribution in [3.63, 3.8) is 0 Å². The standard InChI is InChI=1S/C19H22O6/c1-11(18(21)22)8-12-2-4-13(5-3-12)10-24-19(23)17-14(9-20)15-6-7-16(17)25-15/h2-5,9,11,14-17H,6-8,10H2,1H3,(H,21,22). The maximum absolute atomic E-state index is 12.3. The van der Waals surface area contributed by atoms with E-state index in [1.54, 1.807) is 6.92 Å². The molecule has 2 aliphatic heterocycles. The first-order valence-electron chi connectivity index (χ1n) is 8.57. The highest BCUT2D eigenvalue weighted by Crippen LogP contribution is 2.43. The number of aliphatic carboxylic acids is 1. The molecule has 6 nitrogen and oxygen atoms in total. The zero-order valence-electron chi connectivity index (χ0n) is 14.1. The molecule has 0 amide bonds. The molecule has 2 heterocycles. The van der Waals surface area contributed by atoms with E-state index in [4.69, 9.17) is 14.6 Å². The third kappa shape index (κ3) is 3.74. The Morgan fingerprint density at radius 1 is 1.24 bits per heavy atom. The summed E-state index contributed by atoms with van der Waals surface area (Å²) in [4.78, 5) is 34.5. The quantitative estimate of drug-likeness (QED) is 0.600. The van der Waals surface area contributed by atoms with Gasteiger partial charge in [-0.1, -0.05) is 31.2 Å². The fourth-order valence-corrected chi connectivity index (χ4v) is 3.66. The highest BCUT2D eigenvalue weighted by Gasteiger charge is 2.53. The molecule has 2 aliphatic rings. The molecule has 2 fully saturated rings. The van der Waals surface area contributed by atoms with Crippen molar-refractivity contribution < 1.29 is 29.0 Å². The molecule has 0 aliphatic carbocycles. The third-order valence-corrected chi connectivity index (χ3v) is 5.13. The van der Waals surface area contributed by atoms with Crippen molar-refractivity contribution in [3.8, 4) is 0 Å². The van der Waals surface area contributed by atoms with E-state index >= 15 is 0 Å². The van der Waals surface area contributed by atoms with E-state index in [0.717, 1.165) is 30.3 Å². The molecule has 25 heavy (non-hydrogen) atoms. The molecule has 1 N–H and O–H groups in total. The first-order chi connectivity index (χ1) is 12.0. The van der Waals surface area contributed by atoms with Crippen LogP contribution >= 0.6 is 0 Å². The highest BCUT2D eigenvalue weighted by atomic mass is 16.5. The first-order valence-corrected chi connectivity index (χ1v) is 8.57. The van der Waals surface area contributed by atoms with Crippen LogP contribution < -0.4 is 0 Å². The smallest absolute Gasteiger partial charge is 0.312 e. The minimum atomic E-state index is -0.823. The summed E-state index contributed by atoms with van der Waals surface area (Å²) in [5.41, 5.74) is 1.75. The largest absolute Gasteiger partial charge is 0.481 e. The molecule has 134 valence electrons. The van der Waals surface area contributed by atoms with Crippen LogP contribution in [0.5, 0.6) is 0 Å². The van der Waals surface area contributed by atoms with Gasteiger partial charge in [0.15, 0.2) is 0 Å². The SMILES string of the molecule is CC(Cc1ccc(COC(=O)C2C3CCC(O3)C2C=O)cc1)C(=O)O. The number of esters is 1. The number of carboxylic acid groups (broad SMARTS) is 1. The second-order valence-electron chi connectivity index (χ2n) is 6.90. The molecule has 1 aromatic carbocycles. The Hall–Kier alpha value is -2.21. The van der Waals surface area contributed by atoms with Crippen LogP contribution in [0.4, 0.5) is 0 Å². The van der Waals surface area contributed by atoms with Gasteiger partial charge in [0.25, 0.3) is 0 Å². The van der Waals surface area contributed by atoms with Crippen LogP contribution in [0.25, 0.3) is 0 Å². The van der Waals surface area contributed by atoms with Crippen LogP contribution in [0.3, 0.4) is 0 Å². The molecule has 1 aromatic rings. The zero-order chi connectivity index (χ0) is 18.0. The number of ether oxygens (including phenoxy) is 2. The van der Waals surface area contributed by atoms with E-state index < -0.39 is 23.7 Å². The second kappa shape index (κ2) is 7.35. The maximum atomic E-state index is 12.3. The van der Waals surface area contributed by atoms with Gasteiger partial charge in [0.1, 0.15) is 12.9 Å². The predicted molar refractivity (Wildman–Crippen MR) is 87.7 cm³/mol. The monoisotopic (exact) mass is 346 g/mol. The van der Waals surface area contributed by atoms with Crippen LogP contribution in [0.1, 0.15) is 30.9 Å². The first kappa shape index (κ1) is 17.6. The predicted octanol–water partition coefficient (Wildman–Crippen LogP) is 1.99. The number of hydrogen-bond acceptors (Lipinski definition) is 5. The molecule has 5 atom stereocenters. The summed E-state index contributed by atoms with van der Waals surface area (Å²) in [7, 11) is 0. The fraction of sp³-hybridized carbons (Fsp3) is 0.526. The third-order valence-electron chi connectivity index (χ3n) is 5.13. The molecular formula is C19H22O6. The minimum absolute atomic E-state index is 0.132. The van der Waals surface area contributed by atoms with Crippen molar-refractivity contribution >= 4 is 18.2 Å². The molecule has 2 bridgehead atoms. The van der Waals surface area contributed by atoms with E-state index in [1.165, 1.54) is 0 Å². The summed E-state index contributed by atoms with van der Waals surface area (Å²) >= 11 is 0. The lowest BCUT2D eigenvalue weighted by Crippen LogP contribution is -2.35. The van der Waals surface area contributed by atoms with Gasteiger partial charge in [0.05, 0.1) is 30.0 Å². The number of carbonyl (C=O) groups excluding carboxylic acids is 2. The minimum Gasteiger partial charge on any atom is -0.481 e. The number of carbonyl (C=O) groups is 3. The summed E-state index contributed by atoms with van der Waals surface area (Å²) in [5, 5.41) is 8.94. The van der Waals surface area contributed by atoms with Gasteiger partial charge < -0.3 is 19.4 Å². The van der Waals surface area contributed by atoms with E-state index in [2.05, 4.69) is 0 Å². The number of rotatable bonds is 7. The Kier molecular flexibility index (Phi) is 5.18. The van der Waals surface area contributed by atoms with Crippen molar-refractivity contribution in [1.29, 1.82) is 0 Å². The summed E-state index contributed by atoms with van der Waals surface area (Å²) in [6.07, 6.45) is 2.55. The van der Waals surface area contributed by atoms with E-state index in [-0.39, 0.29) is 24.8 Å². The Bertz CT molecular complexity index is 652. The molecular weight excluding hydrogens is 324 g/mol. The van der Waals surface area contributed by atoms with Crippen LogP contribution in [-0.2, 0) is 36.9 Å². The summed E-state index contributed by atoms with van der Waals surface area (Å²) in [6.45, 7) is 1.80. The summed E-state index contributed by atoms with van der Waals surface area (Å²) in [6, 6.07) is 7.34. The Morgan fingerprint density at radius 2 is 1.88 bits per heavy atom. The average molecular weight is 346 g/mol. The Labute approximate surface area is 146 Å². The number of benzene rings is 1. The van der Waals surface area contributed by atoms with Gasteiger partial charge in [-0.15, -0.1) is 0 Å². The average Bonchev–Trinajstić information content (AvgIpc) is 3.21. The molecule has 3 rings (SSSR count). The van der Waals surface area contributed by atoms with Gasteiger partial charge in [-0.3, -0.25) is 9.59 Å². The van der Waals surface area contributed by atoms with Crippen molar-refractivity contribution in [2.24, 2.45) is 17.8 Å². The maximum Gasteiger partial charge on any atom is 0.312 e. The molecule has 0 radical (unpaired) electrons. The van der Waals surface area contributed by atoms with Gasteiger partial charge in [-0.25, -0.2) is 0 Å². The summed E-state index contributed by atoms with van der Waals surface area (Å²) < 4.78 is 11.0. The molecule has 0 aromatic heterocycles. The van der Waals surface area contributed by atoms with Crippen molar-refractivity contribution in [3.05, 3.63) is 35.4 Å². The van der Waals surface area contributed by atoms with Crippen molar-refractivity contribution in [1.82, 2.24) is 0 Å². The Balaban J connectivity index is 1.54. The van der Waals surface area contributed by atoms with Gasteiger partial charge in [-0.2, -0.15) is 0 Å². The van der Waals surface area contributed by atoms with Gasteiger partial charge >= 0.3 is 11.9 Å². The lowest BCUT2D eigenvalue weighted by Gasteiger charge is -2.22. The van der Waals surface area contributed by atoms with Gasteiger partial charge in [0, 0.05) is 0 Å². The number of carboxylic acids is 1. The van der Waals surface area contributed by atoms with Crippen LogP contribution in [0, 0.1) is 17.8 Å². The molecule has 0 spiro atoms. The van der Waals surface area contributed by atoms with Crippen LogP contribution in [-0.4, -0.2) is 35.5 Å². The lowest BCUT2D eigenvalue weighted by atomic mass is 9.80. The van der Waals surface area contributed by atoms with Crippen LogP contribution in [0.2, 0.25) is 0 Å². The summed E-state index contributed by atoms with van der Waals surface area (Å²) in [5.74, 6) is -2.54. The van der Waals surface area contributed by atoms with Crippen molar-refractivity contribution in [2.75, 3.05) is 0 Å². The van der Waals surface area contributed by atoms with Gasteiger partial charge in [0.2, 0.25) is 0 Å².